The standard InChI is InChI=1S/C11H12IN3O2S/c1-8-3-4-9(5-10(8)12)14-18(16,17)11-6-15(2)7-13-11/h3-7,14H,1-2H3. The summed E-state index contributed by atoms with van der Waals surface area (Å²) in [5.41, 5.74) is 1.65. The number of hydrogen-bond donors (Lipinski definition) is 1. The first kappa shape index (κ1) is 13.3. The maximum atomic E-state index is 12.0. The van der Waals surface area contributed by atoms with Crippen molar-refractivity contribution < 1.29 is 8.42 Å². The summed E-state index contributed by atoms with van der Waals surface area (Å²) in [5.74, 6) is 0. The van der Waals surface area contributed by atoms with Gasteiger partial charge in [0.2, 0.25) is 0 Å². The van der Waals surface area contributed by atoms with Crippen molar-refractivity contribution in [3.63, 3.8) is 0 Å². The molecule has 0 radical (unpaired) electrons. The van der Waals surface area contributed by atoms with Crippen LogP contribution in [0.25, 0.3) is 0 Å². The van der Waals surface area contributed by atoms with E-state index in [1.54, 1.807) is 23.7 Å². The molecule has 1 N–H and O–H groups in total. The van der Waals surface area contributed by atoms with Gasteiger partial charge in [-0.2, -0.15) is 8.42 Å². The summed E-state index contributed by atoms with van der Waals surface area (Å²) in [4.78, 5) is 3.83. The van der Waals surface area contributed by atoms with Crippen molar-refractivity contribution in [1.82, 2.24) is 9.55 Å². The van der Waals surface area contributed by atoms with Gasteiger partial charge in [-0.25, -0.2) is 4.98 Å². The highest BCUT2D eigenvalue weighted by atomic mass is 127. The number of imidazole rings is 1. The zero-order chi connectivity index (χ0) is 13.3. The van der Waals surface area contributed by atoms with Gasteiger partial charge in [-0.15, -0.1) is 0 Å². The molecule has 0 atom stereocenters. The number of rotatable bonds is 3. The summed E-state index contributed by atoms with van der Waals surface area (Å²) in [6.07, 6.45) is 2.91. The Morgan fingerprint density at radius 3 is 2.67 bits per heavy atom. The average Bonchev–Trinajstić information content (AvgIpc) is 2.71. The molecule has 0 aliphatic rings. The van der Waals surface area contributed by atoms with Gasteiger partial charge in [0.05, 0.1) is 6.33 Å². The zero-order valence-corrected chi connectivity index (χ0v) is 12.9. The quantitative estimate of drug-likeness (QED) is 0.834. The zero-order valence-electron chi connectivity index (χ0n) is 9.88. The molecule has 0 saturated heterocycles. The largest absolute Gasteiger partial charge is 0.339 e. The van der Waals surface area contributed by atoms with E-state index in [4.69, 9.17) is 0 Å². The Morgan fingerprint density at radius 1 is 1.39 bits per heavy atom. The van der Waals surface area contributed by atoms with Crippen molar-refractivity contribution in [2.75, 3.05) is 4.72 Å². The van der Waals surface area contributed by atoms with Gasteiger partial charge >= 0.3 is 0 Å². The molecule has 0 aliphatic carbocycles. The van der Waals surface area contributed by atoms with Crippen LogP contribution in [0.15, 0.2) is 35.7 Å². The average molecular weight is 377 g/mol. The number of anilines is 1. The molecule has 2 rings (SSSR count). The van der Waals surface area contributed by atoms with Crippen LogP contribution in [0.5, 0.6) is 0 Å². The monoisotopic (exact) mass is 377 g/mol. The van der Waals surface area contributed by atoms with Crippen LogP contribution >= 0.6 is 22.6 Å². The number of sulfonamides is 1. The highest BCUT2D eigenvalue weighted by molar-refractivity contribution is 14.1. The van der Waals surface area contributed by atoms with Crippen LogP contribution in [0.2, 0.25) is 0 Å². The third kappa shape index (κ3) is 2.83. The SMILES string of the molecule is Cc1ccc(NS(=O)(=O)c2cn(C)cn2)cc1I. The molecule has 2 aromatic rings. The first-order valence-electron chi connectivity index (χ1n) is 5.15. The fraction of sp³-hybridized carbons (Fsp3) is 0.182. The molecule has 0 aliphatic heterocycles. The highest BCUT2D eigenvalue weighted by Gasteiger charge is 2.17. The minimum Gasteiger partial charge on any atom is -0.339 e. The second kappa shape index (κ2) is 4.88. The number of aromatic nitrogens is 2. The lowest BCUT2D eigenvalue weighted by Crippen LogP contribution is -2.13. The van der Waals surface area contributed by atoms with Gasteiger partial charge in [0, 0.05) is 22.5 Å². The molecule has 1 heterocycles. The van der Waals surface area contributed by atoms with Gasteiger partial charge in [-0.05, 0) is 47.2 Å². The summed E-state index contributed by atoms with van der Waals surface area (Å²) in [6, 6.07) is 5.40. The minimum atomic E-state index is -3.61. The summed E-state index contributed by atoms with van der Waals surface area (Å²) >= 11 is 2.17. The number of nitrogens with one attached hydrogen (secondary N) is 1. The smallest absolute Gasteiger partial charge is 0.280 e. The lowest BCUT2D eigenvalue weighted by molar-refractivity contribution is 0.598. The van der Waals surface area contributed by atoms with E-state index in [2.05, 4.69) is 32.3 Å². The second-order valence-electron chi connectivity index (χ2n) is 3.95. The van der Waals surface area contributed by atoms with Gasteiger partial charge in [-0.3, -0.25) is 4.72 Å². The van der Waals surface area contributed by atoms with E-state index < -0.39 is 10.0 Å². The maximum Gasteiger partial charge on any atom is 0.280 e. The van der Waals surface area contributed by atoms with Crippen LogP contribution in [0.1, 0.15) is 5.56 Å². The van der Waals surface area contributed by atoms with E-state index >= 15 is 0 Å². The minimum absolute atomic E-state index is 0.0144. The maximum absolute atomic E-state index is 12.0. The molecule has 0 fully saturated rings. The van der Waals surface area contributed by atoms with Crippen LogP contribution in [0.3, 0.4) is 0 Å². The fourth-order valence-corrected chi connectivity index (χ4v) is 2.94. The van der Waals surface area contributed by atoms with Crippen molar-refractivity contribution in [3.05, 3.63) is 39.9 Å². The van der Waals surface area contributed by atoms with Crippen molar-refractivity contribution in [2.24, 2.45) is 7.05 Å². The van der Waals surface area contributed by atoms with Gasteiger partial charge in [0.25, 0.3) is 10.0 Å². The van der Waals surface area contributed by atoms with Gasteiger partial charge in [0.15, 0.2) is 5.03 Å². The lowest BCUT2D eigenvalue weighted by atomic mass is 10.2. The lowest BCUT2D eigenvalue weighted by Gasteiger charge is -2.07. The number of aryl methyl sites for hydroxylation is 2. The van der Waals surface area contributed by atoms with E-state index in [9.17, 15) is 8.42 Å². The molecule has 5 nitrogen and oxygen atoms in total. The molecule has 7 heteroatoms. The summed E-state index contributed by atoms with van der Waals surface area (Å²) in [7, 11) is -1.88. The normalized spacial score (nSPS) is 11.5. The topological polar surface area (TPSA) is 64.0 Å². The fourth-order valence-electron chi connectivity index (χ4n) is 1.39. The van der Waals surface area contributed by atoms with Gasteiger partial charge in [-0.1, -0.05) is 6.07 Å². The van der Waals surface area contributed by atoms with Crippen molar-refractivity contribution in [2.45, 2.75) is 11.9 Å². The molecular formula is C11H12IN3O2S. The Morgan fingerprint density at radius 2 is 2.11 bits per heavy atom. The van der Waals surface area contributed by atoms with Crippen LogP contribution < -0.4 is 4.72 Å². The van der Waals surface area contributed by atoms with Crippen molar-refractivity contribution >= 4 is 38.3 Å². The van der Waals surface area contributed by atoms with Crippen molar-refractivity contribution in [1.29, 1.82) is 0 Å². The molecule has 1 aromatic carbocycles. The van der Waals surface area contributed by atoms with Crippen LogP contribution in [-0.4, -0.2) is 18.0 Å². The predicted octanol–water partition coefficient (Wildman–Crippen LogP) is 2.13. The summed E-state index contributed by atoms with van der Waals surface area (Å²) in [5, 5.41) is 0.0144. The van der Waals surface area contributed by atoms with Gasteiger partial charge < -0.3 is 4.57 Å². The number of nitrogens with zero attached hydrogens (tertiary/aromatic N) is 2. The Labute approximate surface area is 119 Å². The number of hydrogen-bond acceptors (Lipinski definition) is 3. The first-order chi connectivity index (χ1) is 8.38. The molecule has 0 unspecified atom stereocenters. The van der Waals surface area contributed by atoms with E-state index in [1.165, 1.54) is 12.5 Å². The predicted molar refractivity (Wildman–Crippen MR) is 77.9 cm³/mol. The Kier molecular flexibility index (Phi) is 3.62. The molecule has 18 heavy (non-hydrogen) atoms. The molecule has 0 spiro atoms. The molecule has 96 valence electrons. The Bertz CT molecular complexity index is 679. The molecule has 0 saturated carbocycles. The van der Waals surface area contributed by atoms with E-state index in [0.717, 1.165) is 9.13 Å². The number of benzene rings is 1. The van der Waals surface area contributed by atoms with E-state index in [0.29, 0.717) is 5.69 Å². The molecular weight excluding hydrogens is 365 g/mol. The third-order valence-electron chi connectivity index (χ3n) is 2.38. The van der Waals surface area contributed by atoms with Crippen LogP contribution in [0.4, 0.5) is 5.69 Å². The van der Waals surface area contributed by atoms with Gasteiger partial charge in [0.1, 0.15) is 0 Å². The molecule has 0 amide bonds. The van der Waals surface area contributed by atoms with Crippen LogP contribution in [-0.2, 0) is 17.1 Å². The second-order valence-corrected chi connectivity index (χ2v) is 6.74. The Balaban J connectivity index is 2.30. The van der Waals surface area contributed by atoms with Crippen LogP contribution in [0, 0.1) is 10.5 Å². The molecule has 1 aromatic heterocycles. The summed E-state index contributed by atoms with van der Waals surface area (Å²) < 4.78 is 29.1. The van der Waals surface area contributed by atoms with E-state index in [-0.39, 0.29) is 5.03 Å². The summed E-state index contributed by atoms with van der Waals surface area (Å²) in [6.45, 7) is 1.97. The number of halogens is 1. The third-order valence-corrected chi connectivity index (χ3v) is 4.81. The highest BCUT2D eigenvalue weighted by Crippen LogP contribution is 2.19. The molecule has 0 bridgehead atoms. The first-order valence-corrected chi connectivity index (χ1v) is 7.71. The van der Waals surface area contributed by atoms with E-state index in [1.807, 2.05) is 13.0 Å². The van der Waals surface area contributed by atoms with Crippen molar-refractivity contribution in [3.8, 4) is 0 Å². The Hall–Kier alpha value is -1.09.